The molecule has 8 aliphatic carbocycles. The molecule has 8 aliphatic rings. The van der Waals surface area contributed by atoms with E-state index in [1.54, 1.807) is 0 Å². The van der Waals surface area contributed by atoms with Gasteiger partial charge in [0.1, 0.15) is 0 Å². The fraction of sp³-hybridized carbons (Fsp3) is 0.846. The summed E-state index contributed by atoms with van der Waals surface area (Å²) in [6.45, 7) is 8.57. The molecule has 2 N–H and O–H groups in total. The minimum absolute atomic E-state index is 0.200. The highest BCUT2D eigenvalue weighted by molar-refractivity contribution is 5.14. The van der Waals surface area contributed by atoms with Crippen LogP contribution in [0.5, 0.6) is 0 Å². The van der Waals surface area contributed by atoms with Crippen molar-refractivity contribution in [1.82, 2.24) is 0 Å². The summed E-state index contributed by atoms with van der Waals surface area (Å²) in [5.41, 5.74) is -0.440. The normalized spacial score (nSPS) is 54.0. The number of allylic oxidation sites excluding steroid dienone is 2. The third-order valence-electron chi connectivity index (χ3n) is 9.74. The molecule has 3 heteroatoms. The van der Waals surface area contributed by atoms with Gasteiger partial charge in [-0.05, 0) is 112 Å². The first-order valence-corrected chi connectivity index (χ1v) is 12.1. The van der Waals surface area contributed by atoms with E-state index in [1.807, 2.05) is 0 Å². The first-order valence-electron chi connectivity index (χ1n) is 12.1. The van der Waals surface area contributed by atoms with Crippen molar-refractivity contribution in [2.45, 2.75) is 101 Å². The summed E-state index contributed by atoms with van der Waals surface area (Å²) in [7, 11) is 0. The highest BCUT2D eigenvalue weighted by Crippen LogP contribution is 2.65. The van der Waals surface area contributed by atoms with Gasteiger partial charge in [0, 0.05) is 12.8 Å². The van der Waals surface area contributed by atoms with Crippen molar-refractivity contribution in [2.24, 2.45) is 34.5 Å². The molecule has 0 amide bonds. The van der Waals surface area contributed by atoms with Crippen LogP contribution in [0.2, 0.25) is 0 Å². The Morgan fingerprint density at radius 3 is 1.31 bits per heavy atom. The molecule has 0 spiro atoms. The SMILES string of the molecule is C=C(CC12CC3CC(CC(O)(C3)C1)C2)OC(=C)CC12CC3CC(CC(O)(C3)C1)C2. The zero-order valence-corrected chi connectivity index (χ0v) is 17.9. The number of ether oxygens (including phenoxy) is 1. The second kappa shape index (κ2) is 5.91. The first kappa shape index (κ1) is 18.9. The van der Waals surface area contributed by atoms with Crippen LogP contribution in [0.1, 0.15) is 89.9 Å². The van der Waals surface area contributed by atoms with Gasteiger partial charge in [0.2, 0.25) is 0 Å². The largest absolute Gasteiger partial charge is 0.467 e. The molecule has 0 saturated heterocycles. The molecule has 8 bridgehead atoms. The van der Waals surface area contributed by atoms with Crippen molar-refractivity contribution in [3.05, 3.63) is 24.7 Å². The van der Waals surface area contributed by atoms with Gasteiger partial charge in [0.15, 0.2) is 0 Å². The zero-order chi connectivity index (χ0) is 20.1. The fourth-order valence-electron chi connectivity index (χ4n) is 10.3. The molecule has 0 heterocycles. The summed E-state index contributed by atoms with van der Waals surface area (Å²) in [6, 6.07) is 0. The Balaban J connectivity index is 1.10. The van der Waals surface area contributed by atoms with Crippen LogP contribution in [0.4, 0.5) is 0 Å². The van der Waals surface area contributed by atoms with Gasteiger partial charge in [0.05, 0.1) is 22.7 Å². The van der Waals surface area contributed by atoms with Crippen molar-refractivity contribution in [3.63, 3.8) is 0 Å². The lowest BCUT2D eigenvalue weighted by Gasteiger charge is -2.60. The van der Waals surface area contributed by atoms with E-state index in [4.69, 9.17) is 4.74 Å². The second-order valence-electron chi connectivity index (χ2n) is 12.9. The molecule has 0 aromatic heterocycles. The van der Waals surface area contributed by atoms with E-state index < -0.39 is 11.2 Å². The van der Waals surface area contributed by atoms with Crippen molar-refractivity contribution >= 4 is 0 Å². The molecule has 3 nitrogen and oxygen atoms in total. The summed E-state index contributed by atoms with van der Waals surface area (Å²) in [5.74, 6) is 4.50. The second-order valence-corrected chi connectivity index (χ2v) is 12.9. The summed E-state index contributed by atoms with van der Waals surface area (Å²) < 4.78 is 6.24. The third-order valence-corrected chi connectivity index (χ3v) is 9.74. The van der Waals surface area contributed by atoms with E-state index in [1.165, 1.54) is 38.5 Å². The van der Waals surface area contributed by atoms with Crippen LogP contribution in [0.25, 0.3) is 0 Å². The quantitative estimate of drug-likeness (QED) is 0.583. The average molecular weight is 399 g/mol. The molecule has 8 rings (SSSR count). The fourth-order valence-corrected chi connectivity index (χ4v) is 10.3. The number of aliphatic hydroxyl groups is 2. The average Bonchev–Trinajstić information content (AvgIpc) is 2.47. The van der Waals surface area contributed by atoms with Crippen molar-refractivity contribution < 1.29 is 14.9 Å². The van der Waals surface area contributed by atoms with Crippen LogP contribution in [-0.4, -0.2) is 21.4 Å². The molecule has 0 aliphatic heterocycles. The molecule has 160 valence electrons. The van der Waals surface area contributed by atoms with Crippen LogP contribution >= 0.6 is 0 Å². The monoisotopic (exact) mass is 398 g/mol. The van der Waals surface area contributed by atoms with Gasteiger partial charge in [-0.15, -0.1) is 0 Å². The Morgan fingerprint density at radius 2 is 1.00 bits per heavy atom. The Morgan fingerprint density at radius 1 is 0.655 bits per heavy atom. The highest BCUT2D eigenvalue weighted by Gasteiger charge is 2.58. The lowest BCUT2D eigenvalue weighted by molar-refractivity contribution is -0.167. The minimum atomic E-state index is -0.421. The summed E-state index contributed by atoms with van der Waals surface area (Å²) >= 11 is 0. The molecular weight excluding hydrogens is 360 g/mol. The summed E-state index contributed by atoms with van der Waals surface area (Å²) in [5, 5.41) is 22.0. The predicted octanol–water partition coefficient (Wildman–Crippen LogP) is 5.47. The molecule has 0 radical (unpaired) electrons. The molecule has 4 unspecified atom stereocenters. The maximum atomic E-state index is 11.0. The van der Waals surface area contributed by atoms with Crippen molar-refractivity contribution in [1.29, 1.82) is 0 Å². The number of hydrogen-bond acceptors (Lipinski definition) is 3. The maximum Gasteiger partial charge on any atom is 0.0969 e. The Labute approximate surface area is 175 Å². The first-order chi connectivity index (χ1) is 13.6. The third kappa shape index (κ3) is 3.22. The standard InChI is InChI=1S/C26H38O3/c1-17(5-23-7-19-3-20(8-23)12-25(27,11-19)15-23)29-18(2)6-24-9-21-4-22(10-24)14-26(28,13-21)16-24/h19-22,27-28H,1-16H2. The Bertz CT molecular complexity index is 661. The van der Waals surface area contributed by atoms with E-state index in [0.29, 0.717) is 23.7 Å². The van der Waals surface area contributed by atoms with E-state index in [-0.39, 0.29) is 10.8 Å². The van der Waals surface area contributed by atoms with Gasteiger partial charge in [-0.2, -0.15) is 0 Å². The topological polar surface area (TPSA) is 49.7 Å². The van der Waals surface area contributed by atoms with Crippen LogP contribution < -0.4 is 0 Å². The number of hydrogen-bond donors (Lipinski definition) is 2. The van der Waals surface area contributed by atoms with E-state index in [2.05, 4.69) is 13.2 Å². The Kier molecular flexibility index (Phi) is 3.86. The highest BCUT2D eigenvalue weighted by atomic mass is 16.5. The minimum Gasteiger partial charge on any atom is -0.467 e. The van der Waals surface area contributed by atoms with Crippen LogP contribution in [-0.2, 0) is 4.74 Å². The van der Waals surface area contributed by atoms with Gasteiger partial charge in [-0.1, -0.05) is 13.2 Å². The van der Waals surface area contributed by atoms with Gasteiger partial charge in [0.25, 0.3) is 0 Å². The molecule has 0 aromatic carbocycles. The molecule has 0 aromatic rings. The molecular formula is C26H38O3. The zero-order valence-electron chi connectivity index (χ0n) is 17.9. The lowest BCUT2D eigenvalue weighted by atomic mass is 9.47. The lowest BCUT2D eigenvalue weighted by Crippen LogP contribution is -2.55. The summed E-state index contributed by atoms with van der Waals surface area (Å²) in [4.78, 5) is 0. The maximum absolute atomic E-state index is 11.0. The van der Waals surface area contributed by atoms with Crippen molar-refractivity contribution in [2.75, 3.05) is 0 Å². The summed E-state index contributed by atoms with van der Waals surface area (Å²) in [6.07, 6.45) is 15.3. The van der Waals surface area contributed by atoms with Gasteiger partial charge < -0.3 is 14.9 Å². The van der Waals surface area contributed by atoms with Crippen LogP contribution in [0.15, 0.2) is 24.7 Å². The van der Waals surface area contributed by atoms with Gasteiger partial charge in [-0.25, -0.2) is 0 Å². The van der Waals surface area contributed by atoms with Crippen LogP contribution in [0, 0.1) is 34.5 Å². The molecule has 8 fully saturated rings. The van der Waals surface area contributed by atoms with Crippen molar-refractivity contribution in [3.8, 4) is 0 Å². The predicted molar refractivity (Wildman–Crippen MR) is 113 cm³/mol. The van der Waals surface area contributed by atoms with Gasteiger partial charge in [-0.3, -0.25) is 0 Å². The molecule has 8 saturated carbocycles. The van der Waals surface area contributed by atoms with Gasteiger partial charge >= 0.3 is 0 Å². The van der Waals surface area contributed by atoms with E-state index in [0.717, 1.165) is 62.9 Å². The smallest absolute Gasteiger partial charge is 0.0969 e. The van der Waals surface area contributed by atoms with E-state index >= 15 is 0 Å². The Hall–Kier alpha value is -0.800. The molecule has 29 heavy (non-hydrogen) atoms. The van der Waals surface area contributed by atoms with E-state index in [9.17, 15) is 10.2 Å². The molecule has 4 atom stereocenters. The van der Waals surface area contributed by atoms with Crippen LogP contribution in [0.3, 0.4) is 0 Å². The number of rotatable bonds is 6.